The number of halogens is 1. The number of piperazine rings is 1. The first kappa shape index (κ1) is 20.4. The molecule has 2 aromatic heterocycles. The average Bonchev–Trinajstić information content (AvgIpc) is 3.12. The van der Waals surface area contributed by atoms with E-state index in [4.69, 9.17) is 21.3 Å². The first-order chi connectivity index (χ1) is 13.9. The fourth-order valence-corrected chi connectivity index (χ4v) is 4.95. The minimum Gasteiger partial charge on any atom is -0.495 e. The van der Waals surface area contributed by atoms with Crippen LogP contribution in [0.1, 0.15) is 19.4 Å². The van der Waals surface area contributed by atoms with Crippen LogP contribution in [0.4, 0.5) is 5.69 Å². The SMILES string of the molecule is COc1cc(C)c(-c2cn3ccc(N4CCN(SC(C)C)CC4)cc3n2)cc1Cl. The summed E-state index contributed by atoms with van der Waals surface area (Å²) in [4.78, 5) is 7.32. The second-order valence-corrected chi connectivity index (χ2v) is 9.73. The molecule has 0 N–H and O–H groups in total. The van der Waals surface area contributed by atoms with Gasteiger partial charge in [0, 0.05) is 61.1 Å². The molecule has 0 radical (unpaired) electrons. The Morgan fingerprint density at radius 1 is 1.14 bits per heavy atom. The van der Waals surface area contributed by atoms with Crippen molar-refractivity contribution in [2.75, 3.05) is 38.2 Å². The molecule has 0 bridgehead atoms. The third kappa shape index (κ3) is 4.34. The summed E-state index contributed by atoms with van der Waals surface area (Å²) < 4.78 is 9.87. The number of rotatable bonds is 5. The van der Waals surface area contributed by atoms with E-state index in [1.807, 2.05) is 24.1 Å². The summed E-state index contributed by atoms with van der Waals surface area (Å²) in [5.41, 5.74) is 5.22. The molecule has 0 atom stereocenters. The van der Waals surface area contributed by atoms with Gasteiger partial charge in [0.05, 0.1) is 17.8 Å². The molecular formula is C22H27ClN4OS. The molecule has 1 fully saturated rings. The maximum Gasteiger partial charge on any atom is 0.139 e. The van der Waals surface area contributed by atoms with E-state index in [1.54, 1.807) is 7.11 Å². The van der Waals surface area contributed by atoms with Gasteiger partial charge in [0.25, 0.3) is 0 Å². The van der Waals surface area contributed by atoms with E-state index >= 15 is 0 Å². The van der Waals surface area contributed by atoms with Crippen molar-refractivity contribution >= 4 is 34.9 Å². The molecule has 0 spiro atoms. The van der Waals surface area contributed by atoms with E-state index < -0.39 is 0 Å². The van der Waals surface area contributed by atoms with Crippen LogP contribution in [0.15, 0.2) is 36.7 Å². The van der Waals surface area contributed by atoms with E-state index in [0.29, 0.717) is 16.0 Å². The maximum absolute atomic E-state index is 6.35. The van der Waals surface area contributed by atoms with Crippen LogP contribution in [-0.2, 0) is 0 Å². The quantitative estimate of drug-likeness (QED) is 0.523. The summed E-state index contributed by atoms with van der Waals surface area (Å²) in [6, 6.07) is 8.25. The molecule has 5 nitrogen and oxygen atoms in total. The second-order valence-electron chi connectivity index (χ2n) is 7.65. The molecule has 1 aliphatic rings. The van der Waals surface area contributed by atoms with Crippen LogP contribution < -0.4 is 9.64 Å². The number of pyridine rings is 1. The molecule has 1 aromatic carbocycles. The minimum absolute atomic E-state index is 0.600. The van der Waals surface area contributed by atoms with E-state index in [0.717, 1.165) is 48.6 Å². The number of nitrogens with zero attached hydrogens (tertiary/aromatic N) is 4. The van der Waals surface area contributed by atoms with E-state index in [-0.39, 0.29) is 0 Å². The van der Waals surface area contributed by atoms with Crippen LogP contribution in [0.25, 0.3) is 16.9 Å². The Morgan fingerprint density at radius 2 is 1.90 bits per heavy atom. The van der Waals surface area contributed by atoms with Crippen molar-refractivity contribution in [1.29, 1.82) is 0 Å². The number of benzene rings is 1. The highest BCUT2D eigenvalue weighted by Gasteiger charge is 2.19. The van der Waals surface area contributed by atoms with Gasteiger partial charge >= 0.3 is 0 Å². The fraction of sp³-hybridized carbons (Fsp3) is 0.409. The van der Waals surface area contributed by atoms with Gasteiger partial charge in [-0.15, -0.1) is 0 Å². The van der Waals surface area contributed by atoms with Crippen molar-refractivity contribution in [3.63, 3.8) is 0 Å². The number of hydrogen-bond acceptors (Lipinski definition) is 5. The van der Waals surface area contributed by atoms with Gasteiger partial charge in [-0.1, -0.05) is 37.4 Å². The van der Waals surface area contributed by atoms with Crippen molar-refractivity contribution in [2.45, 2.75) is 26.0 Å². The largest absolute Gasteiger partial charge is 0.495 e. The molecule has 0 saturated carbocycles. The van der Waals surface area contributed by atoms with Gasteiger partial charge in [-0.3, -0.25) is 0 Å². The maximum atomic E-state index is 6.35. The van der Waals surface area contributed by atoms with Gasteiger partial charge in [0.2, 0.25) is 0 Å². The van der Waals surface area contributed by atoms with Crippen LogP contribution in [0.5, 0.6) is 5.75 Å². The number of fused-ring (bicyclic) bond motifs is 1. The number of hydrogen-bond donors (Lipinski definition) is 0. The summed E-state index contributed by atoms with van der Waals surface area (Å²) in [5, 5.41) is 1.24. The lowest BCUT2D eigenvalue weighted by atomic mass is 10.1. The summed E-state index contributed by atoms with van der Waals surface area (Å²) in [7, 11) is 1.63. The Hall–Kier alpha value is -1.89. The predicted octanol–water partition coefficient (Wildman–Crippen LogP) is 5.15. The Bertz CT molecular complexity index is 1010. The summed E-state index contributed by atoms with van der Waals surface area (Å²) in [6.45, 7) is 10.8. The van der Waals surface area contributed by atoms with Crippen molar-refractivity contribution < 1.29 is 4.74 Å². The number of imidazole rings is 1. The predicted molar refractivity (Wildman–Crippen MR) is 123 cm³/mol. The highest BCUT2D eigenvalue weighted by atomic mass is 35.5. The van der Waals surface area contributed by atoms with Gasteiger partial charge in [-0.25, -0.2) is 9.29 Å². The summed E-state index contributed by atoms with van der Waals surface area (Å²) in [5.74, 6) is 0.689. The standard InChI is InChI=1S/C22H27ClN4OS/c1-15(2)29-27-9-7-25(8-10-27)17-5-6-26-14-20(24-22(26)12-17)18-13-19(23)21(28-4)11-16(18)3/h5-6,11-15H,7-10H2,1-4H3. The first-order valence-electron chi connectivity index (χ1n) is 9.94. The van der Waals surface area contributed by atoms with Crippen LogP contribution in [-0.4, -0.2) is 52.2 Å². The summed E-state index contributed by atoms with van der Waals surface area (Å²) >= 11 is 8.30. The van der Waals surface area contributed by atoms with Gasteiger partial charge in [-0.05, 0) is 30.7 Å². The zero-order valence-corrected chi connectivity index (χ0v) is 18.9. The zero-order valence-electron chi connectivity index (χ0n) is 17.4. The molecule has 3 heterocycles. The highest BCUT2D eigenvalue weighted by Crippen LogP contribution is 2.33. The van der Waals surface area contributed by atoms with Crippen molar-refractivity contribution in [1.82, 2.24) is 13.7 Å². The second kappa shape index (κ2) is 8.46. The van der Waals surface area contributed by atoms with Gasteiger partial charge in [-0.2, -0.15) is 0 Å². The molecule has 4 rings (SSSR count). The Morgan fingerprint density at radius 3 is 2.59 bits per heavy atom. The topological polar surface area (TPSA) is 33.0 Å². The Balaban J connectivity index is 1.57. The van der Waals surface area contributed by atoms with Crippen LogP contribution >= 0.6 is 23.5 Å². The van der Waals surface area contributed by atoms with E-state index in [1.165, 1.54) is 5.69 Å². The van der Waals surface area contributed by atoms with E-state index in [2.05, 4.69) is 58.9 Å². The van der Waals surface area contributed by atoms with Crippen molar-refractivity contribution in [2.24, 2.45) is 0 Å². The van der Waals surface area contributed by atoms with Gasteiger partial charge in [0.15, 0.2) is 0 Å². The number of aromatic nitrogens is 2. The first-order valence-corrected chi connectivity index (χ1v) is 11.2. The molecule has 1 saturated heterocycles. The minimum atomic E-state index is 0.600. The molecule has 0 unspecified atom stereocenters. The molecule has 154 valence electrons. The monoisotopic (exact) mass is 430 g/mol. The smallest absolute Gasteiger partial charge is 0.139 e. The average molecular weight is 431 g/mol. The molecule has 7 heteroatoms. The molecule has 3 aromatic rings. The molecule has 0 amide bonds. The van der Waals surface area contributed by atoms with Crippen molar-refractivity contribution in [3.8, 4) is 17.0 Å². The van der Waals surface area contributed by atoms with E-state index in [9.17, 15) is 0 Å². The lowest BCUT2D eigenvalue weighted by Crippen LogP contribution is -2.43. The van der Waals surface area contributed by atoms with Crippen LogP contribution in [0.2, 0.25) is 5.02 Å². The van der Waals surface area contributed by atoms with Crippen LogP contribution in [0, 0.1) is 6.92 Å². The normalized spacial score (nSPS) is 15.4. The lowest BCUT2D eigenvalue weighted by Gasteiger charge is -2.36. The Labute approximate surface area is 181 Å². The van der Waals surface area contributed by atoms with Crippen LogP contribution in [0.3, 0.4) is 0 Å². The highest BCUT2D eigenvalue weighted by molar-refractivity contribution is 7.97. The van der Waals surface area contributed by atoms with Gasteiger partial charge < -0.3 is 14.0 Å². The zero-order chi connectivity index (χ0) is 20.5. The molecular weight excluding hydrogens is 404 g/mol. The van der Waals surface area contributed by atoms with Gasteiger partial charge in [0.1, 0.15) is 11.4 Å². The van der Waals surface area contributed by atoms with Crippen molar-refractivity contribution in [3.05, 3.63) is 47.2 Å². The third-order valence-corrected chi connectivity index (χ3v) is 6.56. The fourth-order valence-electron chi connectivity index (χ4n) is 3.73. The third-order valence-electron chi connectivity index (χ3n) is 5.18. The molecule has 29 heavy (non-hydrogen) atoms. The molecule has 1 aliphatic heterocycles. The lowest BCUT2D eigenvalue weighted by molar-refractivity contribution is 0.415. The summed E-state index contributed by atoms with van der Waals surface area (Å²) in [6.07, 6.45) is 4.15. The number of ether oxygens (including phenoxy) is 1. The number of anilines is 1. The Kier molecular flexibility index (Phi) is 5.95. The number of methoxy groups -OCH3 is 1. The molecule has 0 aliphatic carbocycles. The number of aryl methyl sites for hydroxylation is 1.